The predicted octanol–water partition coefficient (Wildman–Crippen LogP) is 6.60. The van der Waals surface area contributed by atoms with Crippen LogP contribution in [0.5, 0.6) is 5.75 Å². The van der Waals surface area contributed by atoms with Gasteiger partial charge in [-0.3, -0.25) is 14.5 Å². The number of amides is 1. The van der Waals surface area contributed by atoms with E-state index < -0.39 is 17.7 Å². The largest absolute Gasteiger partial charge is 0.507 e. The van der Waals surface area contributed by atoms with Crippen LogP contribution in [0.2, 0.25) is 0 Å². The Labute approximate surface area is 207 Å². The molecule has 1 unspecified atom stereocenters. The van der Waals surface area contributed by atoms with Crippen molar-refractivity contribution in [3.05, 3.63) is 99.5 Å². The standard InChI is InChI=1S/C28H26BrNO4/c1-4-34-23-7-5-6-22(16-23)30-25(19-10-8-18(9-11-19)17(2)3)24(27(32)28(30)33)26(31)20-12-14-21(29)15-13-20/h5-17,25,31H,4H2,1-3H3/b26-24+. The maximum Gasteiger partial charge on any atom is 0.300 e. The summed E-state index contributed by atoms with van der Waals surface area (Å²) in [6.45, 7) is 6.57. The van der Waals surface area contributed by atoms with Gasteiger partial charge in [0.05, 0.1) is 18.2 Å². The number of halogens is 1. The molecule has 1 saturated heterocycles. The number of benzene rings is 3. The van der Waals surface area contributed by atoms with Crippen molar-refractivity contribution in [2.24, 2.45) is 0 Å². The van der Waals surface area contributed by atoms with Crippen LogP contribution in [-0.2, 0) is 9.59 Å². The highest BCUT2D eigenvalue weighted by atomic mass is 79.9. The van der Waals surface area contributed by atoms with Crippen molar-refractivity contribution < 1.29 is 19.4 Å². The van der Waals surface area contributed by atoms with Crippen molar-refractivity contribution in [2.75, 3.05) is 11.5 Å². The van der Waals surface area contributed by atoms with E-state index in [1.165, 1.54) is 4.90 Å². The number of hydrogen-bond acceptors (Lipinski definition) is 4. The van der Waals surface area contributed by atoms with Gasteiger partial charge in [0.15, 0.2) is 0 Å². The van der Waals surface area contributed by atoms with Crippen molar-refractivity contribution >= 4 is 39.1 Å². The Kier molecular flexibility index (Phi) is 6.89. The minimum absolute atomic E-state index is 0.0615. The van der Waals surface area contributed by atoms with Gasteiger partial charge in [0.25, 0.3) is 11.7 Å². The molecule has 1 aliphatic heterocycles. The molecule has 1 heterocycles. The highest BCUT2D eigenvalue weighted by Gasteiger charge is 2.47. The minimum atomic E-state index is -0.776. The summed E-state index contributed by atoms with van der Waals surface area (Å²) >= 11 is 3.39. The van der Waals surface area contributed by atoms with Crippen LogP contribution in [0.3, 0.4) is 0 Å². The summed E-state index contributed by atoms with van der Waals surface area (Å²) in [5.74, 6) is -0.674. The Morgan fingerprint density at radius 1 is 1.03 bits per heavy atom. The fourth-order valence-electron chi connectivity index (χ4n) is 4.13. The molecule has 0 bridgehead atoms. The fourth-order valence-corrected chi connectivity index (χ4v) is 4.39. The van der Waals surface area contributed by atoms with Crippen LogP contribution >= 0.6 is 15.9 Å². The monoisotopic (exact) mass is 519 g/mol. The first kappa shape index (κ1) is 23.8. The lowest BCUT2D eigenvalue weighted by Crippen LogP contribution is -2.29. The number of carbonyl (C=O) groups is 2. The molecular formula is C28H26BrNO4. The van der Waals surface area contributed by atoms with Gasteiger partial charge in [-0.15, -0.1) is 0 Å². The molecule has 0 spiro atoms. The van der Waals surface area contributed by atoms with E-state index in [0.29, 0.717) is 29.5 Å². The molecule has 3 aromatic carbocycles. The first-order chi connectivity index (χ1) is 16.3. The lowest BCUT2D eigenvalue weighted by Gasteiger charge is -2.26. The smallest absolute Gasteiger partial charge is 0.300 e. The Balaban J connectivity index is 1.91. The van der Waals surface area contributed by atoms with E-state index in [-0.39, 0.29) is 11.3 Å². The van der Waals surface area contributed by atoms with E-state index in [1.54, 1.807) is 48.5 Å². The van der Waals surface area contributed by atoms with Gasteiger partial charge in [-0.25, -0.2) is 0 Å². The first-order valence-corrected chi connectivity index (χ1v) is 12.0. The van der Waals surface area contributed by atoms with Crippen LogP contribution in [-0.4, -0.2) is 23.4 Å². The van der Waals surface area contributed by atoms with Gasteiger partial charge >= 0.3 is 0 Å². The van der Waals surface area contributed by atoms with Crippen LogP contribution in [0.25, 0.3) is 5.76 Å². The highest BCUT2D eigenvalue weighted by Crippen LogP contribution is 2.43. The van der Waals surface area contributed by atoms with Crippen LogP contribution in [0, 0.1) is 0 Å². The molecule has 1 fully saturated rings. The summed E-state index contributed by atoms with van der Waals surface area (Å²) in [6, 6.07) is 21.1. The number of nitrogens with zero attached hydrogens (tertiary/aromatic N) is 1. The third-order valence-electron chi connectivity index (χ3n) is 5.89. The van der Waals surface area contributed by atoms with Crippen LogP contribution in [0.1, 0.15) is 49.4 Å². The van der Waals surface area contributed by atoms with E-state index in [4.69, 9.17) is 4.74 Å². The van der Waals surface area contributed by atoms with Gasteiger partial charge < -0.3 is 9.84 Å². The summed E-state index contributed by atoms with van der Waals surface area (Å²) in [7, 11) is 0. The molecule has 0 aromatic heterocycles. The molecule has 1 amide bonds. The van der Waals surface area contributed by atoms with Crippen LogP contribution in [0.15, 0.2) is 82.8 Å². The average molecular weight is 520 g/mol. The molecule has 1 aliphatic rings. The van der Waals surface area contributed by atoms with Gasteiger partial charge in [0, 0.05) is 21.8 Å². The number of aliphatic hydroxyl groups excluding tert-OH is 1. The molecular weight excluding hydrogens is 494 g/mol. The van der Waals surface area contributed by atoms with Crippen LogP contribution in [0.4, 0.5) is 5.69 Å². The Morgan fingerprint density at radius 3 is 2.32 bits per heavy atom. The van der Waals surface area contributed by atoms with E-state index in [2.05, 4.69) is 29.8 Å². The number of rotatable bonds is 6. The molecule has 174 valence electrons. The predicted molar refractivity (Wildman–Crippen MR) is 137 cm³/mol. The highest BCUT2D eigenvalue weighted by molar-refractivity contribution is 9.10. The van der Waals surface area contributed by atoms with Gasteiger partial charge in [-0.2, -0.15) is 0 Å². The SMILES string of the molecule is CCOc1cccc(N2C(=O)C(=O)/C(=C(/O)c3ccc(Br)cc3)C2c2ccc(C(C)C)cc2)c1. The summed E-state index contributed by atoms with van der Waals surface area (Å²) in [5, 5.41) is 11.2. The fraction of sp³-hybridized carbons (Fsp3) is 0.214. The third-order valence-corrected chi connectivity index (χ3v) is 6.42. The Hall–Kier alpha value is -3.38. The van der Waals surface area contributed by atoms with E-state index in [9.17, 15) is 14.7 Å². The zero-order chi connectivity index (χ0) is 24.4. The number of ketones is 1. The van der Waals surface area contributed by atoms with Crippen molar-refractivity contribution in [3.8, 4) is 5.75 Å². The molecule has 4 rings (SSSR count). The summed E-state index contributed by atoms with van der Waals surface area (Å²) < 4.78 is 6.46. The molecule has 0 radical (unpaired) electrons. The molecule has 0 aliphatic carbocycles. The van der Waals surface area contributed by atoms with Crippen LogP contribution < -0.4 is 9.64 Å². The number of anilines is 1. The second-order valence-corrected chi connectivity index (χ2v) is 9.34. The summed E-state index contributed by atoms with van der Waals surface area (Å²) in [5.41, 5.74) is 2.94. The third kappa shape index (κ3) is 4.50. The number of ether oxygens (including phenoxy) is 1. The molecule has 0 saturated carbocycles. The normalized spacial score (nSPS) is 17.4. The van der Waals surface area contributed by atoms with Crippen molar-refractivity contribution in [2.45, 2.75) is 32.7 Å². The lowest BCUT2D eigenvalue weighted by molar-refractivity contribution is -0.132. The Bertz CT molecular complexity index is 1250. The van der Waals surface area contributed by atoms with E-state index in [0.717, 1.165) is 15.6 Å². The van der Waals surface area contributed by atoms with Gasteiger partial charge in [-0.05, 0) is 48.2 Å². The zero-order valence-electron chi connectivity index (χ0n) is 19.3. The van der Waals surface area contributed by atoms with Gasteiger partial charge in [0.1, 0.15) is 11.5 Å². The summed E-state index contributed by atoms with van der Waals surface area (Å²) in [4.78, 5) is 28.1. The van der Waals surface area contributed by atoms with Crippen molar-refractivity contribution in [1.29, 1.82) is 0 Å². The molecule has 1 atom stereocenters. The second kappa shape index (κ2) is 9.85. The van der Waals surface area contributed by atoms with Gasteiger partial charge in [0.2, 0.25) is 0 Å². The maximum absolute atomic E-state index is 13.3. The molecule has 1 N–H and O–H groups in total. The minimum Gasteiger partial charge on any atom is -0.507 e. The van der Waals surface area contributed by atoms with Crippen molar-refractivity contribution in [1.82, 2.24) is 0 Å². The van der Waals surface area contributed by atoms with E-state index in [1.807, 2.05) is 31.2 Å². The molecule has 6 heteroatoms. The molecule has 3 aromatic rings. The Morgan fingerprint density at radius 2 is 1.71 bits per heavy atom. The number of carbonyl (C=O) groups excluding carboxylic acids is 2. The van der Waals surface area contributed by atoms with Crippen molar-refractivity contribution in [3.63, 3.8) is 0 Å². The first-order valence-electron chi connectivity index (χ1n) is 11.2. The average Bonchev–Trinajstić information content (AvgIpc) is 3.10. The topological polar surface area (TPSA) is 66.8 Å². The number of hydrogen-bond donors (Lipinski definition) is 1. The molecule has 5 nitrogen and oxygen atoms in total. The molecule has 34 heavy (non-hydrogen) atoms. The van der Waals surface area contributed by atoms with Gasteiger partial charge in [-0.1, -0.05) is 72.2 Å². The zero-order valence-corrected chi connectivity index (χ0v) is 20.9. The number of Topliss-reactive ketones (excluding diaryl/α,β-unsaturated/α-hetero) is 1. The quantitative estimate of drug-likeness (QED) is 0.226. The summed E-state index contributed by atoms with van der Waals surface area (Å²) in [6.07, 6.45) is 0. The second-order valence-electron chi connectivity index (χ2n) is 8.43. The lowest BCUT2D eigenvalue weighted by atomic mass is 9.93. The maximum atomic E-state index is 13.3. The van der Waals surface area contributed by atoms with E-state index >= 15 is 0 Å². The number of aliphatic hydroxyl groups is 1.